The summed E-state index contributed by atoms with van der Waals surface area (Å²) in [6, 6.07) is 12.6. The molecular formula is C32H28F2S5. The Kier molecular flexibility index (Phi) is 7.22. The first-order chi connectivity index (χ1) is 19.1. The summed E-state index contributed by atoms with van der Waals surface area (Å²) in [6.45, 7) is 2.27. The number of thiophene rings is 5. The van der Waals surface area contributed by atoms with Crippen LogP contribution in [0.5, 0.6) is 0 Å². The lowest BCUT2D eigenvalue weighted by Crippen LogP contribution is -1.83. The molecule has 5 heterocycles. The summed E-state index contributed by atoms with van der Waals surface area (Å²) in [4.78, 5) is 2.30. The number of halogens is 2. The number of benzene rings is 2. The van der Waals surface area contributed by atoms with Crippen molar-refractivity contribution in [2.45, 2.75) is 64.7 Å². The molecular weight excluding hydrogens is 583 g/mol. The zero-order chi connectivity index (χ0) is 26.5. The fourth-order valence-electron chi connectivity index (χ4n) is 5.57. The third-order valence-electron chi connectivity index (χ3n) is 7.62. The molecule has 0 saturated heterocycles. The van der Waals surface area contributed by atoms with Gasteiger partial charge in [-0.25, -0.2) is 8.78 Å². The van der Waals surface area contributed by atoms with Crippen LogP contribution in [0.3, 0.4) is 0 Å². The van der Waals surface area contributed by atoms with E-state index >= 15 is 4.39 Å². The number of unbranched alkanes of at least 4 members (excludes halogenated alkanes) is 7. The minimum atomic E-state index is -0.347. The van der Waals surface area contributed by atoms with Crippen molar-refractivity contribution in [3.8, 4) is 9.75 Å². The highest BCUT2D eigenvalue weighted by Crippen LogP contribution is 2.49. The number of fused-ring (bicyclic) bond motifs is 7. The maximum atomic E-state index is 15.4. The van der Waals surface area contributed by atoms with Crippen LogP contribution in [0, 0.1) is 11.6 Å². The Labute approximate surface area is 246 Å². The van der Waals surface area contributed by atoms with Gasteiger partial charge in [0.15, 0.2) is 5.82 Å². The highest BCUT2D eigenvalue weighted by atomic mass is 32.1. The van der Waals surface area contributed by atoms with Gasteiger partial charge in [-0.05, 0) is 60.0 Å². The second-order valence-corrected chi connectivity index (χ2v) is 15.6. The molecule has 0 fully saturated rings. The fraction of sp³-hybridized carbons (Fsp3) is 0.312. The van der Waals surface area contributed by atoms with E-state index in [2.05, 4.69) is 31.2 Å². The molecule has 0 aliphatic rings. The summed E-state index contributed by atoms with van der Waals surface area (Å²) in [5, 5.41) is 6.04. The molecule has 0 amide bonds. The highest BCUT2D eigenvalue weighted by Gasteiger charge is 2.21. The molecule has 0 N–H and O–H groups in total. The molecule has 0 aliphatic heterocycles. The lowest BCUT2D eigenvalue weighted by Gasteiger charge is -2.00. The van der Waals surface area contributed by atoms with Crippen molar-refractivity contribution in [1.29, 1.82) is 0 Å². The third kappa shape index (κ3) is 4.74. The van der Waals surface area contributed by atoms with Crippen molar-refractivity contribution in [3.63, 3.8) is 0 Å². The lowest BCUT2D eigenvalue weighted by molar-refractivity contribution is 0.576. The van der Waals surface area contributed by atoms with Gasteiger partial charge >= 0.3 is 0 Å². The second-order valence-electron chi connectivity index (χ2n) is 10.4. The first kappa shape index (κ1) is 26.0. The maximum Gasteiger partial charge on any atom is 0.150 e. The summed E-state index contributed by atoms with van der Waals surface area (Å²) in [6.07, 6.45) is 12.0. The van der Waals surface area contributed by atoms with Crippen LogP contribution in [-0.4, -0.2) is 0 Å². The normalized spacial score (nSPS) is 12.4. The van der Waals surface area contributed by atoms with Crippen molar-refractivity contribution < 1.29 is 8.78 Å². The van der Waals surface area contributed by atoms with E-state index in [1.165, 1.54) is 126 Å². The predicted octanol–water partition coefficient (Wildman–Crippen LogP) is 13.4. The largest absolute Gasteiger partial charge is 0.205 e. The van der Waals surface area contributed by atoms with Gasteiger partial charge < -0.3 is 0 Å². The van der Waals surface area contributed by atoms with Gasteiger partial charge in [-0.3, -0.25) is 0 Å². The number of aryl methyl sites for hydroxylation is 1. The molecule has 5 aromatic heterocycles. The Morgan fingerprint density at radius 3 is 2.00 bits per heavy atom. The predicted molar refractivity (Wildman–Crippen MR) is 175 cm³/mol. The van der Waals surface area contributed by atoms with Gasteiger partial charge in [0.1, 0.15) is 5.82 Å². The van der Waals surface area contributed by atoms with Crippen LogP contribution in [0.4, 0.5) is 8.78 Å². The Morgan fingerprint density at radius 2 is 1.28 bits per heavy atom. The van der Waals surface area contributed by atoms with Gasteiger partial charge in [0.25, 0.3) is 0 Å². The molecule has 0 aliphatic carbocycles. The number of hydrogen-bond acceptors (Lipinski definition) is 5. The van der Waals surface area contributed by atoms with Gasteiger partial charge in [-0.15, -0.1) is 56.7 Å². The van der Waals surface area contributed by atoms with Crippen LogP contribution in [0.25, 0.3) is 59.5 Å². The van der Waals surface area contributed by atoms with Crippen molar-refractivity contribution in [2.24, 2.45) is 0 Å². The molecule has 2 aromatic carbocycles. The van der Waals surface area contributed by atoms with Gasteiger partial charge in [0, 0.05) is 39.8 Å². The van der Waals surface area contributed by atoms with Crippen LogP contribution < -0.4 is 0 Å². The third-order valence-corrected chi connectivity index (χ3v) is 13.5. The van der Waals surface area contributed by atoms with E-state index in [0.29, 0.717) is 15.1 Å². The first-order valence-electron chi connectivity index (χ1n) is 13.8. The maximum absolute atomic E-state index is 15.4. The zero-order valence-electron chi connectivity index (χ0n) is 21.7. The Hall–Kier alpha value is -1.90. The smallest absolute Gasteiger partial charge is 0.150 e. The Balaban J connectivity index is 1.17. The van der Waals surface area contributed by atoms with E-state index in [0.717, 1.165) is 10.1 Å². The number of rotatable bonds is 10. The van der Waals surface area contributed by atoms with Crippen molar-refractivity contribution in [3.05, 3.63) is 58.3 Å². The SMILES string of the molecule is CCCCCCCCCCc1cc2cc3c(cc2s1)sc1c2cc4c(F)c(-c5sccc5F)sc4cc2sc31. The molecule has 7 rings (SSSR count). The van der Waals surface area contributed by atoms with E-state index in [9.17, 15) is 4.39 Å². The Morgan fingerprint density at radius 1 is 0.615 bits per heavy atom. The molecule has 7 aromatic rings. The molecule has 0 spiro atoms. The second kappa shape index (κ2) is 10.8. The molecule has 0 bridgehead atoms. The van der Waals surface area contributed by atoms with E-state index in [4.69, 9.17) is 0 Å². The number of hydrogen-bond donors (Lipinski definition) is 0. The van der Waals surface area contributed by atoms with Gasteiger partial charge in [-0.2, -0.15) is 0 Å². The fourth-order valence-corrected chi connectivity index (χ4v) is 11.5. The minimum Gasteiger partial charge on any atom is -0.205 e. The van der Waals surface area contributed by atoms with Crippen LogP contribution in [0.15, 0.2) is 41.8 Å². The molecule has 200 valence electrons. The summed E-state index contributed by atoms with van der Waals surface area (Å²) >= 11 is 8.16. The van der Waals surface area contributed by atoms with Crippen LogP contribution in [-0.2, 0) is 6.42 Å². The van der Waals surface area contributed by atoms with Crippen LogP contribution >= 0.6 is 56.7 Å². The molecule has 0 atom stereocenters. The van der Waals surface area contributed by atoms with E-state index in [1.54, 1.807) is 16.7 Å². The minimum absolute atomic E-state index is 0.303. The van der Waals surface area contributed by atoms with E-state index < -0.39 is 0 Å². The average molecular weight is 611 g/mol. The monoisotopic (exact) mass is 610 g/mol. The van der Waals surface area contributed by atoms with Crippen molar-refractivity contribution in [2.75, 3.05) is 0 Å². The van der Waals surface area contributed by atoms with Gasteiger partial charge in [0.05, 0.1) is 19.2 Å². The zero-order valence-corrected chi connectivity index (χ0v) is 25.8. The van der Waals surface area contributed by atoms with Crippen molar-refractivity contribution >= 4 is 106 Å². The molecule has 0 radical (unpaired) electrons. The molecule has 0 unspecified atom stereocenters. The molecule has 0 saturated carbocycles. The summed E-state index contributed by atoms with van der Waals surface area (Å²) in [5.74, 6) is -0.650. The quantitative estimate of drug-likeness (QED) is 0.135. The van der Waals surface area contributed by atoms with E-state index in [1.807, 2.05) is 28.7 Å². The van der Waals surface area contributed by atoms with Crippen LogP contribution in [0.1, 0.15) is 63.2 Å². The van der Waals surface area contributed by atoms with Gasteiger partial charge in [-0.1, -0.05) is 51.9 Å². The molecule has 0 nitrogen and oxygen atoms in total. The summed E-state index contributed by atoms with van der Waals surface area (Å²) < 4.78 is 36.9. The topological polar surface area (TPSA) is 0 Å². The molecule has 7 heteroatoms. The average Bonchev–Trinajstić information content (AvgIpc) is 3.73. The van der Waals surface area contributed by atoms with Gasteiger partial charge in [0.2, 0.25) is 0 Å². The molecule has 39 heavy (non-hydrogen) atoms. The van der Waals surface area contributed by atoms with Crippen LogP contribution in [0.2, 0.25) is 0 Å². The Bertz CT molecular complexity index is 1940. The highest BCUT2D eigenvalue weighted by molar-refractivity contribution is 7.37. The summed E-state index contributed by atoms with van der Waals surface area (Å²) in [7, 11) is 0. The van der Waals surface area contributed by atoms with E-state index in [-0.39, 0.29) is 11.6 Å². The first-order valence-corrected chi connectivity index (χ1v) is 17.9. The summed E-state index contributed by atoms with van der Waals surface area (Å²) in [5.41, 5.74) is 0. The lowest BCUT2D eigenvalue weighted by atomic mass is 10.1. The van der Waals surface area contributed by atoms with Crippen molar-refractivity contribution in [1.82, 2.24) is 0 Å². The standard InChI is InChI=1S/C32H28F2S5/c1-2-3-4-5-6-7-8-9-10-19-13-18-14-21-26(16-24(18)36-19)37-30-22-15-20-25(17-27(22)38-29(21)30)39-32(28(20)34)31-23(33)11-12-35-31/h11-17H,2-10H2,1H3.